The first-order valence-corrected chi connectivity index (χ1v) is 9.46. The minimum absolute atomic E-state index is 0.336. The molecule has 0 saturated heterocycles. The molecular weight excluding hydrogens is 284 g/mol. The molecule has 0 amide bonds. The van der Waals surface area contributed by atoms with Crippen LogP contribution in [0.15, 0.2) is 18.2 Å². The Labute approximate surface area is 140 Å². The molecule has 0 aliphatic heterocycles. The van der Waals surface area contributed by atoms with Crippen molar-refractivity contribution in [3.63, 3.8) is 0 Å². The van der Waals surface area contributed by atoms with Crippen molar-refractivity contribution in [3.05, 3.63) is 29.3 Å². The molecule has 0 aromatic heterocycles. The highest BCUT2D eigenvalue weighted by molar-refractivity contribution is 5.40. The summed E-state index contributed by atoms with van der Waals surface area (Å²) >= 11 is 0. The van der Waals surface area contributed by atoms with E-state index in [1.54, 1.807) is 0 Å². The summed E-state index contributed by atoms with van der Waals surface area (Å²) < 4.78 is 6.32. The molecule has 1 aromatic rings. The summed E-state index contributed by atoms with van der Waals surface area (Å²) in [6, 6.07) is 6.08. The van der Waals surface area contributed by atoms with Crippen molar-refractivity contribution in [2.24, 2.45) is 17.3 Å². The van der Waals surface area contributed by atoms with Gasteiger partial charge in [-0.15, -0.1) is 0 Å². The SMILES string of the molecule is CC(C)O[C@H]1CCC2[C@@H]3CCc4cc(O)ccc4C3CC[C@@]21C. The van der Waals surface area contributed by atoms with E-state index in [9.17, 15) is 5.11 Å². The van der Waals surface area contributed by atoms with Gasteiger partial charge in [0.2, 0.25) is 0 Å². The molecule has 0 radical (unpaired) electrons. The highest BCUT2D eigenvalue weighted by atomic mass is 16.5. The van der Waals surface area contributed by atoms with Crippen LogP contribution in [0.25, 0.3) is 0 Å². The minimum atomic E-state index is 0.336. The summed E-state index contributed by atoms with van der Waals surface area (Å²) in [4.78, 5) is 0. The normalized spacial score (nSPS) is 39.0. The van der Waals surface area contributed by atoms with Crippen molar-refractivity contribution < 1.29 is 9.84 Å². The van der Waals surface area contributed by atoms with E-state index in [4.69, 9.17) is 4.74 Å². The molecule has 3 aliphatic carbocycles. The number of ether oxygens (including phenoxy) is 1. The predicted molar refractivity (Wildman–Crippen MR) is 92.7 cm³/mol. The van der Waals surface area contributed by atoms with Gasteiger partial charge in [-0.2, -0.15) is 0 Å². The Morgan fingerprint density at radius 2 is 2.00 bits per heavy atom. The zero-order chi connectivity index (χ0) is 16.2. The third-order valence-electron chi connectivity index (χ3n) is 7.06. The second-order valence-corrected chi connectivity index (χ2v) is 8.59. The maximum absolute atomic E-state index is 9.78. The zero-order valence-corrected chi connectivity index (χ0v) is 14.7. The number of rotatable bonds is 2. The summed E-state index contributed by atoms with van der Waals surface area (Å²) in [5.41, 5.74) is 3.29. The highest BCUT2D eigenvalue weighted by Gasteiger charge is 2.55. The number of aryl methyl sites for hydroxylation is 1. The van der Waals surface area contributed by atoms with Gasteiger partial charge in [-0.05, 0) is 98.8 Å². The summed E-state index contributed by atoms with van der Waals surface area (Å²) in [7, 11) is 0. The van der Waals surface area contributed by atoms with Crippen molar-refractivity contribution in [2.45, 2.75) is 77.4 Å². The Morgan fingerprint density at radius 1 is 1.17 bits per heavy atom. The lowest BCUT2D eigenvalue weighted by Gasteiger charge is -2.51. The van der Waals surface area contributed by atoms with Gasteiger partial charge in [-0.25, -0.2) is 0 Å². The molecular formula is C21H30O2. The van der Waals surface area contributed by atoms with Crippen molar-refractivity contribution in [1.82, 2.24) is 0 Å². The number of benzene rings is 1. The average Bonchev–Trinajstić information content (AvgIpc) is 2.83. The van der Waals surface area contributed by atoms with E-state index in [1.807, 2.05) is 12.1 Å². The van der Waals surface area contributed by atoms with E-state index in [2.05, 4.69) is 26.8 Å². The first-order valence-electron chi connectivity index (χ1n) is 9.46. The summed E-state index contributed by atoms with van der Waals surface area (Å²) in [6.45, 7) is 6.84. The van der Waals surface area contributed by atoms with Gasteiger partial charge in [-0.3, -0.25) is 0 Å². The molecule has 5 atom stereocenters. The Kier molecular flexibility index (Phi) is 3.72. The standard InChI is InChI=1S/C21H30O2/c1-13(2)23-20-9-8-19-18-6-4-14-12-15(22)5-7-16(14)17(18)10-11-21(19,20)3/h5,7,12-13,17-20,22H,4,6,8-11H2,1-3H3/t17?,18-,19?,20+,21+/m1/s1. The van der Waals surface area contributed by atoms with Crippen LogP contribution in [0.2, 0.25) is 0 Å². The molecule has 1 aromatic carbocycles. The number of phenols is 1. The van der Waals surface area contributed by atoms with Gasteiger partial charge in [0.15, 0.2) is 0 Å². The number of aromatic hydroxyl groups is 1. The smallest absolute Gasteiger partial charge is 0.115 e. The van der Waals surface area contributed by atoms with Gasteiger partial charge in [0, 0.05) is 0 Å². The Balaban J connectivity index is 1.62. The van der Waals surface area contributed by atoms with Gasteiger partial charge in [-0.1, -0.05) is 13.0 Å². The van der Waals surface area contributed by atoms with Crippen molar-refractivity contribution in [3.8, 4) is 5.75 Å². The van der Waals surface area contributed by atoms with Gasteiger partial charge in [0.05, 0.1) is 12.2 Å². The number of phenolic OH excluding ortho intramolecular Hbond substituents is 1. The molecule has 0 bridgehead atoms. The molecule has 2 saturated carbocycles. The van der Waals surface area contributed by atoms with E-state index in [0.29, 0.717) is 29.3 Å². The third-order valence-corrected chi connectivity index (χ3v) is 7.06. The van der Waals surface area contributed by atoms with E-state index in [-0.39, 0.29) is 0 Å². The average molecular weight is 314 g/mol. The fourth-order valence-electron chi connectivity index (χ4n) is 6.07. The van der Waals surface area contributed by atoms with E-state index in [0.717, 1.165) is 18.3 Å². The molecule has 0 heterocycles. The Bertz CT molecular complexity index is 594. The van der Waals surface area contributed by atoms with Crippen molar-refractivity contribution >= 4 is 0 Å². The molecule has 2 nitrogen and oxygen atoms in total. The van der Waals surface area contributed by atoms with Gasteiger partial charge >= 0.3 is 0 Å². The minimum Gasteiger partial charge on any atom is -0.508 e. The molecule has 4 rings (SSSR count). The molecule has 126 valence electrons. The second kappa shape index (κ2) is 5.51. The number of fused-ring (bicyclic) bond motifs is 5. The quantitative estimate of drug-likeness (QED) is 0.828. The van der Waals surface area contributed by atoms with Crippen LogP contribution < -0.4 is 0 Å². The number of hydrogen-bond donors (Lipinski definition) is 1. The van der Waals surface area contributed by atoms with Crippen LogP contribution in [0.1, 0.15) is 69.9 Å². The fraction of sp³-hybridized carbons (Fsp3) is 0.714. The maximum atomic E-state index is 9.78. The van der Waals surface area contributed by atoms with E-state index >= 15 is 0 Å². The molecule has 3 aliphatic rings. The molecule has 2 fully saturated rings. The molecule has 2 unspecified atom stereocenters. The van der Waals surface area contributed by atoms with Crippen molar-refractivity contribution in [1.29, 1.82) is 0 Å². The van der Waals surface area contributed by atoms with Crippen LogP contribution in [0.4, 0.5) is 0 Å². The molecule has 2 heteroatoms. The van der Waals surface area contributed by atoms with Crippen LogP contribution in [0.3, 0.4) is 0 Å². The molecule has 0 spiro atoms. The van der Waals surface area contributed by atoms with Crippen molar-refractivity contribution in [2.75, 3.05) is 0 Å². The first-order chi connectivity index (χ1) is 11.0. The van der Waals surface area contributed by atoms with Gasteiger partial charge in [0.25, 0.3) is 0 Å². The lowest BCUT2D eigenvalue weighted by molar-refractivity contribution is -0.0860. The predicted octanol–water partition coefficient (Wildman–Crippen LogP) is 5.04. The third kappa shape index (κ3) is 2.41. The Hall–Kier alpha value is -1.02. The van der Waals surface area contributed by atoms with Gasteiger partial charge in [0.1, 0.15) is 5.75 Å². The monoisotopic (exact) mass is 314 g/mol. The lowest BCUT2D eigenvalue weighted by atomic mass is 9.55. The zero-order valence-electron chi connectivity index (χ0n) is 14.7. The maximum Gasteiger partial charge on any atom is 0.115 e. The van der Waals surface area contributed by atoms with Crippen LogP contribution in [-0.2, 0) is 11.2 Å². The molecule has 23 heavy (non-hydrogen) atoms. The van der Waals surface area contributed by atoms with E-state index < -0.39 is 0 Å². The summed E-state index contributed by atoms with van der Waals surface area (Å²) in [5.74, 6) is 2.75. The fourth-order valence-corrected chi connectivity index (χ4v) is 6.07. The van der Waals surface area contributed by atoms with Gasteiger partial charge < -0.3 is 9.84 Å². The van der Waals surface area contributed by atoms with Crippen LogP contribution in [-0.4, -0.2) is 17.3 Å². The second-order valence-electron chi connectivity index (χ2n) is 8.59. The highest BCUT2D eigenvalue weighted by Crippen LogP contribution is 2.61. The topological polar surface area (TPSA) is 29.5 Å². The number of hydrogen-bond acceptors (Lipinski definition) is 2. The van der Waals surface area contributed by atoms with E-state index in [1.165, 1.54) is 43.2 Å². The van der Waals surface area contributed by atoms with Crippen LogP contribution in [0, 0.1) is 17.3 Å². The first kappa shape index (κ1) is 15.5. The van der Waals surface area contributed by atoms with Crippen LogP contribution >= 0.6 is 0 Å². The molecule has 1 N–H and O–H groups in total. The largest absolute Gasteiger partial charge is 0.508 e. The summed E-state index contributed by atoms with van der Waals surface area (Å²) in [5, 5.41) is 9.78. The lowest BCUT2D eigenvalue weighted by Crippen LogP contribution is -2.45. The van der Waals surface area contributed by atoms with Crippen LogP contribution in [0.5, 0.6) is 5.75 Å². The Morgan fingerprint density at radius 3 is 2.78 bits per heavy atom. The summed E-state index contributed by atoms with van der Waals surface area (Å²) in [6.07, 6.45) is 8.36.